The summed E-state index contributed by atoms with van der Waals surface area (Å²) < 4.78 is 0. The molecule has 1 aliphatic heterocycles. The van der Waals surface area contributed by atoms with Gasteiger partial charge in [0.1, 0.15) is 11.4 Å². The van der Waals surface area contributed by atoms with Gasteiger partial charge in [-0.3, -0.25) is 0 Å². The molecule has 0 unspecified atom stereocenters. The van der Waals surface area contributed by atoms with E-state index in [1.165, 1.54) is 6.20 Å². The molecule has 19 heavy (non-hydrogen) atoms. The van der Waals surface area contributed by atoms with Crippen LogP contribution in [0, 0.1) is 0 Å². The molecule has 0 radical (unpaired) electrons. The van der Waals surface area contributed by atoms with Gasteiger partial charge in [-0.05, 0) is 25.9 Å². The van der Waals surface area contributed by atoms with Crippen LogP contribution in [0.2, 0.25) is 5.02 Å². The van der Waals surface area contributed by atoms with Crippen LogP contribution in [-0.2, 0) is 0 Å². The predicted molar refractivity (Wildman–Crippen MR) is 77.4 cm³/mol. The highest BCUT2D eigenvalue weighted by molar-refractivity contribution is 7.10. The smallest absolute Gasteiger partial charge is 0.220 e. The maximum Gasteiger partial charge on any atom is 0.220 e. The van der Waals surface area contributed by atoms with Crippen LogP contribution in [0.5, 0.6) is 0 Å². The number of rotatable bonds is 2. The number of hydrogen-bond acceptors (Lipinski definition) is 6. The second kappa shape index (κ2) is 5.40. The number of nitrogens with two attached hydrogens (primary N) is 1. The number of halogens is 1. The molecule has 2 aromatic heterocycles. The molecule has 0 saturated carbocycles. The number of hydrogen-bond donors (Lipinski definition) is 2. The van der Waals surface area contributed by atoms with E-state index in [1.807, 2.05) is 5.38 Å². The van der Waals surface area contributed by atoms with Crippen molar-refractivity contribution in [3.05, 3.63) is 21.6 Å². The van der Waals surface area contributed by atoms with Gasteiger partial charge in [0.15, 0.2) is 0 Å². The van der Waals surface area contributed by atoms with Gasteiger partial charge in [0.05, 0.1) is 16.2 Å². The highest BCUT2D eigenvalue weighted by Crippen LogP contribution is 2.32. The fraction of sp³-hybridized carbons (Fsp3) is 0.417. The van der Waals surface area contributed by atoms with Crippen molar-refractivity contribution in [2.24, 2.45) is 0 Å². The Morgan fingerprint density at radius 1 is 1.32 bits per heavy atom. The summed E-state index contributed by atoms with van der Waals surface area (Å²) in [5.41, 5.74) is 7.01. The van der Waals surface area contributed by atoms with Gasteiger partial charge in [0, 0.05) is 11.3 Å². The van der Waals surface area contributed by atoms with Crippen molar-refractivity contribution in [2.75, 3.05) is 18.8 Å². The van der Waals surface area contributed by atoms with Gasteiger partial charge in [0.25, 0.3) is 0 Å². The first-order valence-electron chi connectivity index (χ1n) is 6.18. The van der Waals surface area contributed by atoms with Gasteiger partial charge in [0.2, 0.25) is 5.95 Å². The Bertz CT molecular complexity index is 579. The summed E-state index contributed by atoms with van der Waals surface area (Å²) in [6.07, 6.45) is 3.78. The number of nitrogens with one attached hydrogen (secondary N) is 1. The minimum atomic E-state index is 0.218. The first-order valence-corrected chi connectivity index (χ1v) is 7.44. The van der Waals surface area contributed by atoms with E-state index >= 15 is 0 Å². The normalized spacial score (nSPS) is 16.7. The summed E-state index contributed by atoms with van der Waals surface area (Å²) in [4.78, 5) is 12.7. The summed E-state index contributed by atoms with van der Waals surface area (Å²) in [5, 5.41) is 6.99. The van der Waals surface area contributed by atoms with Crippen LogP contribution in [0.1, 0.15) is 23.8 Å². The van der Waals surface area contributed by atoms with E-state index in [4.69, 9.17) is 17.3 Å². The summed E-state index contributed by atoms with van der Waals surface area (Å²) >= 11 is 7.77. The molecule has 1 fully saturated rings. The number of aromatic nitrogens is 3. The van der Waals surface area contributed by atoms with Crippen LogP contribution >= 0.6 is 22.9 Å². The third-order valence-electron chi connectivity index (χ3n) is 3.22. The number of thiazole rings is 1. The first-order chi connectivity index (χ1) is 9.24. The third-order valence-corrected chi connectivity index (χ3v) is 4.50. The lowest BCUT2D eigenvalue weighted by Gasteiger charge is -2.20. The van der Waals surface area contributed by atoms with Crippen molar-refractivity contribution in [2.45, 2.75) is 18.8 Å². The van der Waals surface area contributed by atoms with Gasteiger partial charge in [-0.2, -0.15) is 0 Å². The van der Waals surface area contributed by atoms with Gasteiger partial charge in [-0.1, -0.05) is 11.6 Å². The van der Waals surface area contributed by atoms with Crippen LogP contribution in [0.3, 0.4) is 0 Å². The second-order valence-electron chi connectivity index (χ2n) is 4.52. The Morgan fingerprint density at radius 3 is 2.89 bits per heavy atom. The zero-order valence-corrected chi connectivity index (χ0v) is 11.8. The van der Waals surface area contributed by atoms with Gasteiger partial charge >= 0.3 is 0 Å². The molecule has 0 bridgehead atoms. The van der Waals surface area contributed by atoms with Gasteiger partial charge in [-0.15, -0.1) is 11.3 Å². The van der Waals surface area contributed by atoms with Crippen LogP contribution in [0.25, 0.3) is 11.4 Å². The van der Waals surface area contributed by atoms with E-state index in [2.05, 4.69) is 20.3 Å². The number of nitrogens with zero attached hydrogens (tertiary/aromatic N) is 3. The average molecular weight is 296 g/mol. The van der Waals surface area contributed by atoms with E-state index in [1.54, 1.807) is 11.3 Å². The van der Waals surface area contributed by atoms with E-state index in [9.17, 15) is 0 Å². The quantitative estimate of drug-likeness (QED) is 0.889. The second-order valence-corrected chi connectivity index (χ2v) is 5.82. The summed E-state index contributed by atoms with van der Waals surface area (Å²) in [7, 11) is 0. The Kier molecular flexibility index (Phi) is 3.63. The Hall–Kier alpha value is -1.24. The zero-order chi connectivity index (χ0) is 13.2. The molecule has 100 valence electrons. The topological polar surface area (TPSA) is 76.7 Å². The molecule has 0 amide bonds. The molecule has 7 heteroatoms. The van der Waals surface area contributed by atoms with Crippen molar-refractivity contribution in [1.82, 2.24) is 20.3 Å². The molecule has 5 nitrogen and oxygen atoms in total. The summed E-state index contributed by atoms with van der Waals surface area (Å²) in [6, 6.07) is 0. The molecule has 0 spiro atoms. The lowest BCUT2D eigenvalue weighted by Crippen LogP contribution is -2.26. The maximum absolute atomic E-state index is 6.10. The molecule has 1 saturated heterocycles. The Balaban J connectivity index is 1.89. The standard InChI is InChI=1S/C12H14ClN5S/c13-8-5-16-12(14)18-10(8)9-6-19-11(17-9)7-1-3-15-4-2-7/h5-7,15H,1-4H2,(H2,14,16,18). The Labute approximate surface area is 120 Å². The van der Waals surface area contributed by atoms with E-state index in [0.717, 1.165) is 36.6 Å². The zero-order valence-electron chi connectivity index (χ0n) is 10.3. The van der Waals surface area contributed by atoms with Crippen molar-refractivity contribution < 1.29 is 0 Å². The molecule has 3 rings (SSSR count). The number of anilines is 1. The molecule has 2 aromatic rings. The lowest BCUT2D eigenvalue weighted by molar-refractivity contribution is 0.459. The summed E-state index contributed by atoms with van der Waals surface area (Å²) in [5.74, 6) is 0.758. The molecule has 0 atom stereocenters. The van der Waals surface area contributed by atoms with Crippen molar-refractivity contribution >= 4 is 28.9 Å². The van der Waals surface area contributed by atoms with E-state index in [-0.39, 0.29) is 5.95 Å². The van der Waals surface area contributed by atoms with E-state index < -0.39 is 0 Å². The largest absolute Gasteiger partial charge is 0.368 e. The maximum atomic E-state index is 6.10. The monoisotopic (exact) mass is 295 g/mol. The molecule has 3 N–H and O–H groups in total. The average Bonchev–Trinajstić information content (AvgIpc) is 2.92. The van der Waals surface area contributed by atoms with Gasteiger partial charge in [-0.25, -0.2) is 15.0 Å². The van der Waals surface area contributed by atoms with Gasteiger partial charge < -0.3 is 11.1 Å². The summed E-state index contributed by atoms with van der Waals surface area (Å²) in [6.45, 7) is 2.11. The molecular weight excluding hydrogens is 282 g/mol. The fourth-order valence-corrected chi connectivity index (χ4v) is 3.38. The fourth-order valence-electron chi connectivity index (χ4n) is 2.21. The highest BCUT2D eigenvalue weighted by atomic mass is 35.5. The van der Waals surface area contributed by atoms with E-state index in [0.29, 0.717) is 16.6 Å². The predicted octanol–water partition coefficient (Wildman–Crippen LogP) is 2.30. The molecule has 0 aromatic carbocycles. The minimum absolute atomic E-state index is 0.218. The van der Waals surface area contributed by atoms with Crippen molar-refractivity contribution in [3.8, 4) is 11.4 Å². The third kappa shape index (κ3) is 2.70. The van der Waals surface area contributed by atoms with Crippen LogP contribution in [-0.4, -0.2) is 28.0 Å². The van der Waals surface area contributed by atoms with Crippen LogP contribution in [0.4, 0.5) is 5.95 Å². The number of nitrogen functional groups attached to an aromatic ring is 1. The van der Waals surface area contributed by atoms with Crippen LogP contribution < -0.4 is 11.1 Å². The van der Waals surface area contributed by atoms with Crippen molar-refractivity contribution in [1.29, 1.82) is 0 Å². The highest BCUT2D eigenvalue weighted by Gasteiger charge is 2.20. The molecule has 0 aliphatic carbocycles. The minimum Gasteiger partial charge on any atom is -0.368 e. The van der Waals surface area contributed by atoms with Crippen molar-refractivity contribution in [3.63, 3.8) is 0 Å². The number of piperidine rings is 1. The molecule has 3 heterocycles. The Morgan fingerprint density at radius 2 is 2.11 bits per heavy atom. The SMILES string of the molecule is Nc1ncc(Cl)c(-c2csc(C3CCNCC3)n2)n1. The molecular formula is C12H14ClN5S. The first kappa shape index (κ1) is 12.8. The van der Waals surface area contributed by atoms with Crippen LogP contribution in [0.15, 0.2) is 11.6 Å². The lowest BCUT2D eigenvalue weighted by atomic mass is 9.99. The molecule has 1 aliphatic rings.